The molecule has 1 N–H and O–H groups in total. The summed E-state index contributed by atoms with van der Waals surface area (Å²) in [6.07, 6.45) is 1.60. The molecule has 1 aliphatic heterocycles. The van der Waals surface area contributed by atoms with Gasteiger partial charge in [-0.2, -0.15) is 0 Å². The van der Waals surface area contributed by atoms with Gasteiger partial charge in [-0.15, -0.1) is 0 Å². The smallest absolute Gasteiger partial charge is 0.257 e. The Morgan fingerprint density at radius 1 is 0.829 bits per heavy atom. The van der Waals surface area contributed by atoms with E-state index in [0.29, 0.717) is 24.5 Å². The summed E-state index contributed by atoms with van der Waals surface area (Å²) in [7, 11) is 0. The van der Waals surface area contributed by atoms with E-state index in [9.17, 15) is 9.59 Å². The summed E-state index contributed by atoms with van der Waals surface area (Å²) >= 11 is 0. The van der Waals surface area contributed by atoms with Gasteiger partial charge in [0.25, 0.3) is 5.91 Å². The van der Waals surface area contributed by atoms with Crippen LogP contribution in [-0.2, 0) is 15.6 Å². The molecule has 2 aromatic rings. The predicted molar refractivity (Wildman–Crippen MR) is 144 cm³/mol. The number of benzene rings is 1. The zero-order valence-electron chi connectivity index (χ0n) is 23.0. The zero-order chi connectivity index (χ0) is 26.2. The molecule has 2 amide bonds. The average molecular weight is 479 g/mol. The second kappa shape index (κ2) is 9.63. The molecule has 0 saturated carbocycles. The summed E-state index contributed by atoms with van der Waals surface area (Å²) in [5, 5.41) is 2.84. The fraction of sp³-hybridized carbons (Fsp3) is 0.552. The van der Waals surface area contributed by atoms with E-state index in [1.165, 1.54) is 16.8 Å². The number of amides is 2. The first-order valence-corrected chi connectivity index (χ1v) is 12.5. The molecule has 35 heavy (non-hydrogen) atoms. The predicted octanol–water partition coefficient (Wildman–Crippen LogP) is 5.62. The molecule has 0 aliphatic carbocycles. The van der Waals surface area contributed by atoms with E-state index in [1.54, 1.807) is 18.3 Å². The van der Waals surface area contributed by atoms with Crippen molar-refractivity contribution >= 4 is 23.3 Å². The van der Waals surface area contributed by atoms with Crippen LogP contribution in [0, 0.1) is 5.41 Å². The van der Waals surface area contributed by atoms with Gasteiger partial charge >= 0.3 is 0 Å². The Kier molecular flexibility index (Phi) is 7.35. The summed E-state index contributed by atoms with van der Waals surface area (Å²) in [6, 6.07) is 10.4. The number of carbonyl (C=O) groups is 2. The van der Waals surface area contributed by atoms with Crippen molar-refractivity contribution in [2.75, 3.05) is 36.4 Å². The third-order valence-corrected chi connectivity index (χ3v) is 6.53. The molecule has 0 radical (unpaired) electrons. The van der Waals surface area contributed by atoms with E-state index in [2.05, 4.69) is 74.9 Å². The summed E-state index contributed by atoms with van der Waals surface area (Å²) in [5.74, 6) is 0.0665. The van der Waals surface area contributed by atoms with Crippen LogP contribution >= 0.6 is 0 Å². The lowest BCUT2D eigenvalue weighted by atomic mass is 9.80. The van der Waals surface area contributed by atoms with Crippen molar-refractivity contribution in [3.8, 4) is 0 Å². The highest BCUT2D eigenvalue weighted by Crippen LogP contribution is 2.34. The minimum Gasteiger partial charge on any atom is -0.368 e. The van der Waals surface area contributed by atoms with Crippen molar-refractivity contribution in [1.29, 1.82) is 0 Å². The van der Waals surface area contributed by atoms with Crippen LogP contribution in [0.1, 0.15) is 83.8 Å². The normalized spacial score (nSPS) is 15.2. The molecule has 1 aliphatic rings. The lowest BCUT2D eigenvalue weighted by Gasteiger charge is -2.37. The number of nitrogens with one attached hydrogen (secondary N) is 1. The number of anilines is 2. The molecular weight excluding hydrogens is 436 g/mol. The number of hydrogen-bond donors (Lipinski definition) is 1. The highest BCUT2D eigenvalue weighted by atomic mass is 16.2. The number of pyridine rings is 1. The topological polar surface area (TPSA) is 65.5 Å². The molecule has 1 aromatic heterocycles. The Balaban J connectivity index is 1.78. The van der Waals surface area contributed by atoms with Gasteiger partial charge in [0.05, 0.1) is 5.56 Å². The molecule has 6 heteroatoms. The van der Waals surface area contributed by atoms with E-state index in [-0.39, 0.29) is 22.6 Å². The molecule has 0 atom stereocenters. The Bertz CT molecular complexity index is 1050. The van der Waals surface area contributed by atoms with Gasteiger partial charge < -0.3 is 15.1 Å². The lowest BCUT2D eigenvalue weighted by Crippen LogP contribution is -2.49. The summed E-state index contributed by atoms with van der Waals surface area (Å²) in [5.41, 5.74) is 3.85. The zero-order valence-corrected chi connectivity index (χ0v) is 23.0. The van der Waals surface area contributed by atoms with E-state index in [4.69, 9.17) is 0 Å². The molecule has 0 bridgehead atoms. The van der Waals surface area contributed by atoms with Gasteiger partial charge in [-0.05, 0) is 46.2 Å². The van der Waals surface area contributed by atoms with E-state index in [1.807, 2.05) is 25.7 Å². The maximum Gasteiger partial charge on any atom is 0.257 e. The van der Waals surface area contributed by atoms with Crippen LogP contribution in [0.5, 0.6) is 0 Å². The molecular formula is C29H42N4O2. The van der Waals surface area contributed by atoms with E-state index in [0.717, 1.165) is 13.1 Å². The van der Waals surface area contributed by atoms with Gasteiger partial charge in [0.1, 0.15) is 5.82 Å². The molecule has 190 valence electrons. The van der Waals surface area contributed by atoms with Crippen LogP contribution in [0.3, 0.4) is 0 Å². The average Bonchev–Trinajstić information content (AvgIpc) is 2.77. The van der Waals surface area contributed by atoms with Crippen LogP contribution in [-0.4, -0.2) is 47.9 Å². The van der Waals surface area contributed by atoms with Crippen molar-refractivity contribution in [3.05, 3.63) is 53.2 Å². The van der Waals surface area contributed by atoms with Crippen LogP contribution in [0.2, 0.25) is 0 Å². The number of carbonyl (C=O) groups excluding carboxylic acids is 2. The number of rotatable bonds is 3. The van der Waals surface area contributed by atoms with Gasteiger partial charge in [0, 0.05) is 43.5 Å². The van der Waals surface area contributed by atoms with Crippen LogP contribution in [0.15, 0.2) is 36.5 Å². The fourth-order valence-electron chi connectivity index (χ4n) is 3.97. The third-order valence-electron chi connectivity index (χ3n) is 6.53. The SMILES string of the molecule is CC(C)(C)C(=O)Nc1ncccc1C(=O)N1CCN(c2cc(C(C)(C)C)cc(C(C)(C)C)c2)CC1. The van der Waals surface area contributed by atoms with Crippen molar-refractivity contribution in [3.63, 3.8) is 0 Å². The van der Waals surface area contributed by atoms with E-state index < -0.39 is 5.41 Å². The van der Waals surface area contributed by atoms with Crippen LogP contribution < -0.4 is 10.2 Å². The summed E-state index contributed by atoms with van der Waals surface area (Å²) in [4.78, 5) is 34.4. The van der Waals surface area contributed by atoms with Crippen LogP contribution in [0.4, 0.5) is 11.5 Å². The van der Waals surface area contributed by atoms with Crippen molar-refractivity contribution < 1.29 is 9.59 Å². The van der Waals surface area contributed by atoms with Gasteiger partial charge in [-0.25, -0.2) is 4.98 Å². The first-order chi connectivity index (χ1) is 16.1. The monoisotopic (exact) mass is 478 g/mol. The maximum absolute atomic E-state index is 13.4. The number of hydrogen-bond acceptors (Lipinski definition) is 4. The quantitative estimate of drug-likeness (QED) is 0.621. The van der Waals surface area contributed by atoms with E-state index >= 15 is 0 Å². The van der Waals surface area contributed by atoms with Crippen molar-refractivity contribution in [1.82, 2.24) is 9.88 Å². The number of piperazine rings is 1. The molecule has 0 spiro atoms. The first kappa shape index (κ1) is 26.7. The van der Waals surface area contributed by atoms with Gasteiger partial charge in [0.15, 0.2) is 0 Å². The third kappa shape index (κ3) is 6.41. The van der Waals surface area contributed by atoms with Gasteiger partial charge in [0.2, 0.25) is 5.91 Å². The van der Waals surface area contributed by atoms with Gasteiger partial charge in [-0.1, -0.05) is 68.4 Å². The second-order valence-corrected chi connectivity index (χ2v) is 12.7. The number of nitrogens with zero attached hydrogens (tertiary/aromatic N) is 3. The molecule has 2 heterocycles. The molecule has 0 unspecified atom stereocenters. The minimum absolute atomic E-state index is 0.0575. The van der Waals surface area contributed by atoms with Crippen molar-refractivity contribution in [2.45, 2.75) is 73.1 Å². The Morgan fingerprint density at radius 2 is 1.37 bits per heavy atom. The van der Waals surface area contributed by atoms with Crippen LogP contribution in [0.25, 0.3) is 0 Å². The molecule has 6 nitrogen and oxygen atoms in total. The Labute approximate surface area is 211 Å². The second-order valence-electron chi connectivity index (χ2n) is 12.7. The summed E-state index contributed by atoms with van der Waals surface area (Å²) in [6.45, 7) is 21.8. The Hall–Kier alpha value is -2.89. The maximum atomic E-state index is 13.4. The molecule has 3 rings (SSSR count). The molecule has 1 aromatic carbocycles. The van der Waals surface area contributed by atoms with Crippen molar-refractivity contribution in [2.24, 2.45) is 5.41 Å². The lowest BCUT2D eigenvalue weighted by molar-refractivity contribution is -0.123. The highest BCUT2D eigenvalue weighted by molar-refractivity contribution is 6.03. The largest absolute Gasteiger partial charge is 0.368 e. The first-order valence-electron chi connectivity index (χ1n) is 12.5. The molecule has 1 saturated heterocycles. The number of aromatic nitrogens is 1. The highest BCUT2D eigenvalue weighted by Gasteiger charge is 2.28. The van der Waals surface area contributed by atoms with Gasteiger partial charge in [-0.3, -0.25) is 9.59 Å². The fourth-order valence-corrected chi connectivity index (χ4v) is 3.97. The summed E-state index contributed by atoms with van der Waals surface area (Å²) < 4.78 is 0. The molecule has 1 fully saturated rings. The minimum atomic E-state index is -0.572. The standard InChI is InChI=1S/C29H42N4O2/c1-27(2,3)20-17-21(28(4,5)6)19-22(18-20)32-13-15-33(16-14-32)25(34)23-11-10-12-30-24(23)31-26(35)29(7,8)9/h10-12,17-19H,13-16H2,1-9H3,(H,30,31,35). The Morgan fingerprint density at radius 3 is 1.86 bits per heavy atom.